The van der Waals surface area contributed by atoms with Crippen LogP contribution in [-0.2, 0) is 6.54 Å². The molecule has 2 aromatic rings. The molecule has 0 aliphatic rings. The van der Waals surface area contributed by atoms with Crippen LogP contribution in [0.4, 0.5) is 5.82 Å². The maximum Gasteiger partial charge on any atom is 0.146 e. The van der Waals surface area contributed by atoms with Crippen LogP contribution in [-0.4, -0.2) is 60.5 Å². The highest BCUT2D eigenvalue weighted by Crippen LogP contribution is 2.25. The standard InChI is InChI=1S/C15H25N5S/c1-5-16-14-12-7-10-21-15(12)18-13(17-14)11-20(4)9-6-8-19(2)3/h7,10H,5-6,8-9,11H2,1-4H3,(H,16,17,18). The molecule has 0 amide bonds. The summed E-state index contributed by atoms with van der Waals surface area (Å²) in [6.07, 6.45) is 1.16. The van der Waals surface area contributed by atoms with Gasteiger partial charge in [-0.25, -0.2) is 9.97 Å². The molecule has 1 N–H and O–H groups in total. The van der Waals surface area contributed by atoms with Crippen molar-refractivity contribution in [3.63, 3.8) is 0 Å². The fourth-order valence-electron chi connectivity index (χ4n) is 2.25. The Balaban J connectivity index is 2.03. The molecule has 2 heterocycles. The summed E-state index contributed by atoms with van der Waals surface area (Å²) in [5.41, 5.74) is 0. The van der Waals surface area contributed by atoms with E-state index in [1.54, 1.807) is 11.3 Å². The zero-order chi connectivity index (χ0) is 15.2. The number of aromatic nitrogens is 2. The van der Waals surface area contributed by atoms with Crippen LogP contribution in [0.25, 0.3) is 10.2 Å². The van der Waals surface area contributed by atoms with Crippen molar-refractivity contribution < 1.29 is 0 Å². The van der Waals surface area contributed by atoms with Crippen molar-refractivity contribution in [2.24, 2.45) is 0 Å². The third-order valence-electron chi connectivity index (χ3n) is 3.27. The van der Waals surface area contributed by atoms with Gasteiger partial charge in [-0.1, -0.05) is 0 Å². The first-order valence-corrected chi connectivity index (χ1v) is 8.29. The Bertz CT molecular complexity index is 566. The van der Waals surface area contributed by atoms with Crippen LogP contribution < -0.4 is 5.32 Å². The first-order valence-electron chi connectivity index (χ1n) is 7.41. The van der Waals surface area contributed by atoms with E-state index in [0.717, 1.165) is 54.5 Å². The zero-order valence-corrected chi connectivity index (χ0v) is 14.2. The van der Waals surface area contributed by atoms with Gasteiger partial charge in [-0.15, -0.1) is 11.3 Å². The van der Waals surface area contributed by atoms with Crippen LogP contribution in [0, 0.1) is 0 Å². The third-order valence-corrected chi connectivity index (χ3v) is 4.08. The van der Waals surface area contributed by atoms with Crippen molar-refractivity contribution in [1.82, 2.24) is 19.8 Å². The number of thiophene rings is 1. The lowest BCUT2D eigenvalue weighted by Crippen LogP contribution is -2.24. The second-order valence-corrected chi connectivity index (χ2v) is 6.45. The number of nitrogens with one attached hydrogen (secondary N) is 1. The Labute approximate surface area is 131 Å². The maximum atomic E-state index is 4.68. The zero-order valence-electron chi connectivity index (χ0n) is 13.4. The van der Waals surface area contributed by atoms with E-state index >= 15 is 0 Å². The summed E-state index contributed by atoms with van der Waals surface area (Å²) in [4.78, 5) is 14.9. The third kappa shape index (κ3) is 4.62. The van der Waals surface area contributed by atoms with Gasteiger partial charge in [0, 0.05) is 6.54 Å². The van der Waals surface area contributed by atoms with Gasteiger partial charge in [0.1, 0.15) is 16.5 Å². The molecule has 2 rings (SSSR count). The van der Waals surface area contributed by atoms with E-state index in [1.807, 2.05) is 0 Å². The normalized spacial score (nSPS) is 11.7. The lowest BCUT2D eigenvalue weighted by molar-refractivity contribution is 0.289. The lowest BCUT2D eigenvalue weighted by Gasteiger charge is -2.17. The Morgan fingerprint density at radius 2 is 2.00 bits per heavy atom. The number of anilines is 1. The highest BCUT2D eigenvalue weighted by Gasteiger charge is 2.10. The predicted molar refractivity (Wildman–Crippen MR) is 91.1 cm³/mol. The first kappa shape index (κ1) is 16.1. The van der Waals surface area contributed by atoms with Crippen molar-refractivity contribution in [2.45, 2.75) is 19.9 Å². The van der Waals surface area contributed by atoms with E-state index in [4.69, 9.17) is 0 Å². The van der Waals surface area contributed by atoms with Gasteiger partial charge < -0.3 is 10.2 Å². The van der Waals surface area contributed by atoms with Gasteiger partial charge in [0.25, 0.3) is 0 Å². The second kappa shape index (κ2) is 7.68. The van der Waals surface area contributed by atoms with Gasteiger partial charge >= 0.3 is 0 Å². The van der Waals surface area contributed by atoms with Crippen molar-refractivity contribution in [3.05, 3.63) is 17.3 Å². The van der Waals surface area contributed by atoms with Crippen LogP contribution in [0.15, 0.2) is 11.4 Å². The van der Waals surface area contributed by atoms with Crippen LogP contribution in [0.5, 0.6) is 0 Å². The fourth-order valence-corrected chi connectivity index (χ4v) is 3.03. The molecule has 116 valence electrons. The smallest absolute Gasteiger partial charge is 0.146 e. The van der Waals surface area contributed by atoms with E-state index in [1.165, 1.54) is 0 Å². The Hall–Kier alpha value is -1.24. The SMILES string of the molecule is CCNc1nc(CN(C)CCCN(C)C)nc2sccc12. The summed E-state index contributed by atoms with van der Waals surface area (Å²) in [6.45, 7) is 5.92. The molecule has 21 heavy (non-hydrogen) atoms. The second-order valence-electron chi connectivity index (χ2n) is 5.55. The number of hydrogen-bond acceptors (Lipinski definition) is 6. The molecule has 2 aromatic heterocycles. The molecule has 5 nitrogen and oxygen atoms in total. The number of fused-ring (bicyclic) bond motifs is 1. The molecule has 0 fully saturated rings. The van der Waals surface area contributed by atoms with Crippen molar-refractivity contribution in [1.29, 1.82) is 0 Å². The molecule has 0 bridgehead atoms. The largest absolute Gasteiger partial charge is 0.370 e. The summed E-state index contributed by atoms with van der Waals surface area (Å²) >= 11 is 1.67. The quantitative estimate of drug-likeness (QED) is 0.812. The molecular formula is C15H25N5S. The monoisotopic (exact) mass is 307 g/mol. The minimum atomic E-state index is 0.791. The molecule has 0 saturated heterocycles. The molecule has 0 spiro atoms. The minimum Gasteiger partial charge on any atom is -0.370 e. The topological polar surface area (TPSA) is 44.3 Å². The molecule has 0 saturated carbocycles. The van der Waals surface area contributed by atoms with Crippen molar-refractivity contribution in [3.8, 4) is 0 Å². The maximum absolute atomic E-state index is 4.68. The van der Waals surface area contributed by atoms with E-state index in [-0.39, 0.29) is 0 Å². The fraction of sp³-hybridized carbons (Fsp3) is 0.600. The Morgan fingerprint density at radius 1 is 1.19 bits per heavy atom. The Kier molecular flexibility index (Phi) is 5.90. The molecule has 0 atom stereocenters. The molecule has 6 heteroatoms. The molecule has 0 aliphatic heterocycles. The highest BCUT2D eigenvalue weighted by molar-refractivity contribution is 7.16. The number of hydrogen-bond donors (Lipinski definition) is 1. The molecule has 0 aliphatic carbocycles. The summed E-state index contributed by atoms with van der Waals surface area (Å²) in [5.74, 6) is 1.86. The van der Waals surface area contributed by atoms with E-state index in [0.29, 0.717) is 0 Å². The number of rotatable bonds is 8. The summed E-state index contributed by atoms with van der Waals surface area (Å²) in [7, 11) is 6.34. The number of nitrogens with zero attached hydrogens (tertiary/aromatic N) is 4. The van der Waals surface area contributed by atoms with Crippen LogP contribution in [0.2, 0.25) is 0 Å². The Morgan fingerprint density at radius 3 is 2.71 bits per heavy atom. The molecular weight excluding hydrogens is 282 g/mol. The van der Waals surface area contributed by atoms with E-state index in [9.17, 15) is 0 Å². The molecule has 0 radical (unpaired) electrons. The van der Waals surface area contributed by atoms with Gasteiger partial charge in [0.15, 0.2) is 0 Å². The van der Waals surface area contributed by atoms with Gasteiger partial charge in [-0.05, 0) is 59.0 Å². The van der Waals surface area contributed by atoms with Crippen LogP contribution in [0.3, 0.4) is 0 Å². The average Bonchev–Trinajstić information content (AvgIpc) is 2.87. The molecule has 0 unspecified atom stereocenters. The van der Waals surface area contributed by atoms with Gasteiger partial charge in [-0.3, -0.25) is 4.90 Å². The summed E-state index contributed by atoms with van der Waals surface area (Å²) in [6, 6.07) is 2.09. The molecule has 0 aromatic carbocycles. The van der Waals surface area contributed by atoms with Gasteiger partial charge in [0.05, 0.1) is 11.9 Å². The van der Waals surface area contributed by atoms with Crippen molar-refractivity contribution >= 4 is 27.4 Å². The van der Waals surface area contributed by atoms with Gasteiger partial charge in [0.2, 0.25) is 0 Å². The van der Waals surface area contributed by atoms with Crippen LogP contribution >= 0.6 is 11.3 Å². The van der Waals surface area contributed by atoms with Gasteiger partial charge in [-0.2, -0.15) is 0 Å². The predicted octanol–water partition coefficient (Wildman–Crippen LogP) is 2.51. The van der Waals surface area contributed by atoms with E-state index in [2.05, 4.69) is 64.6 Å². The summed E-state index contributed by atoms with van der Waals surface area (Å²) in [5, 5.41) is 6.54. The lowest BCUT2D eigenvalue weighted by atomic mass is 10.3. The first-order chi connectivity index (χ1) is 10.1. The van der Waals surface area contributed by atoms with Crippen molar-refractivity contribution in [2.75, 3.05) is 46.1 Å². The highest BCUT2D eigenvalue weighted by atomic mass is 32.1. The summed E-state index contributed by atoms with van der Waals surface area (Å²) < 4.78 is 0. The van der Waals surface area contributed by atoms with Crippen LogP contribution in [0.1, 0.15) is 19.2 Å². The minimum absolute atomic E-state index is 0.791. The average molecular weight is 307 g/mol. The van der Waals surface area contributed by atoms with E-state index < -0.39 is 0 Å².